The van der Waals surface area contributed by atoms with Gasteiger partial charge in [-0.3, -0.25) is 0 Å². The highest BCUT2D eigenvalue weighted by Crippen LogP contribution is 2.23. The number of rotatable bonds is 4. The number of anilines is 1. The van der Waals surface area contributed by atoms with Crippen molar-refractivity contribution >= 4 is 11.7 Å². The number of urea groups is 1. The van der Waals surface area contributed by atoms with Crippen molar-refractivity contribution in [3.05, 3.63) is 60.8 Å². The minimum Gasteiger partial charge on any atom is -0.467 e. The molecule has 1 atom stereocenters. The lowest BCUT2D eigenvalue weighted by atomic mass is 10.2. The number of nitrogens with one attached hydrogen (secondary N) is 1. The lowest BCUT2D eigenvalue weighted by Crippen LogP contribution is -2.33. The summed E-state index contributed by atoms with van der Waals surface area (Å²) in [6.07, 6.45) is 5.24. The van der Waals surface area contributed by atoms with E-state index in [4.69, 9.17) is 4.42 Å². The van der Waals surface area contributed by atoms with Crippen LogP contribution in [0.5, 0.6) is 0 Å². The highest BCUT2D eigenvalue weighted by atomic mass is 16.3. The van der Waals surface area contributed by atoms with Crippen LogP contribution in [0.25, 0.3) is 11.4 Å². The van der Waals surface area contributed by atoms with Gasteiger partial charge in [-0.15, -0.1) is 0 Å². The molecule has 0 aliphatic carbocycles. The van der Waals surface area contributed by atoms with E-state index in [9.17, 15) is 4.79 Å². The van der Waals surface area contributed by atoms with Gasteiger partial charge < -0.3 is 19.2 Å². The van der Waals surface area contributed by atoms with Gasteiger partial charge in [0, 0.05) is 37.7 Å². The quantitative estimate of drug-likeness (QED) is 0.791. The van der Waals surface area contributed by atoms with Gasteiger partial charge in [-0.25, -0.2) is 9.78 Å². The number of nitrogens with zero attached hydrogens (tertiary/aromatic N) is 3. The van der Waals surface area contributed by atoms with Crippen LogP contribution in [0.2, 0.25) is 0 Å². The van der Waals surface area contributed by atoms with Crippen molar-refractivity contribution in [1.82, 2.24) is 14.5 Å². The molecule has 0 saturated heterocycles. The Morgan fingerprint density at radius 3 is 2.83 bits per heavy atom. The van der Waals surface area contributed by atoms with Crippen molar-refractivity contribution < 1.29 is 9.21 Å². The molecule has 2 amide bonds. The number of benzene rings is 1. The molecule has 2 heterocycles. The number of aromatic nitrogens is 2. The highest BCUT2D eigenvalue weighted by molar-refractivity contribution is 5.90. The summed E-state index contributed by atoms with van der Waals surface area (Å²) in [7, 11) is 3.68. The lowest BCUT2D eigenvalue weighted by molar-refractivity contribution is 0.201. The fraction of sp³-hybridized carbons (Fsp3) is 0.222. The number of carbonyl (C=O) groups is 1. The summed E-state index contributed by atoms with van der Waals surface area (Å²) in [5.41, 5.74) is 1.67. The second-order valence-electron chi connectivity index (χ2n) is 5.68. The van der Waals surface area contributed by atoms with Crippen molar-refractivity contribution in [1.29, 1.82) is 0 Å². The molecule has 2 aromatic heterocycles. The predicted molar refractivity (Wildman–Crippen MR) is 92.5 cm³/mol. The Morgan fingerprint density at radius 1 is 1.33 bits per heavy atom. The molecular weight excluding hydrogens is 304 g/mol. The number of carbonyl (C=O) groups excluding carboxylic acids is 1. The summed E-state index contributed by atoms with van der Waals surface area (Å²) in [6.45, 7) is 1.92. The number of aryl methyl sites for hydroxylation is 1. The first kappa shape index (κ1) is 15.9. The standard InChI is InChI=1S/C18H20N4O2/c1-13(16-8-5-11-24-16)22(3)18(23)20-15-7-4-6-14(12-15)17-19-9-10-21(17)2/h4-13H,1-3H3,(H,20,23). The molecule has 6 nitrogen and oxygen atoms in total. The van der Waals surface area contributed by atoms with Gasteiger partial charge in [0.15, 0.2) is 0 Å². The van der Waals surface area contributed by atoms with Gasteiger partial charge in [0.2, 0.25) is 0 Å². The molecule has 24 heavy (non-hydrogen) atoms. The summed E-state index contributed by atoms with van der Waals surface area (Å²) in [5, 5.41) is 2.91. The second-order valence-corrected chi connectivity index (χ2v) is 5.68. The van der Waals surface area contributed by atoms with Crippen LogP contribution >= 0.6 is 0 Å². The summed E-state index contributed by atoms with van der Waals surface area (Å²) in [5.74, 6) is 1.60. The number of furan rings is 1. The number of hydrogen-bond acceptors (Lipinski definition) is 3. The minimum atomic E-state index is -0.198. The van der Waals surface area contributed by atoms with Crippen LogP contribution < -0.4 is 5.32 Å². The zero-order valence-electron chi connectivity index (χ0n) is 13.9. The molecule has 0 saturated carbocycles. The topological polar surface area (TPSA) is 63.3 Å². The average Bonchev–Trinajstić information content (AvgIpc) is 3.25. The lowest BCUT2D eigenvalue weighted by Gasteiger charge is -2.23. The van der Waals surface area contributed by atoms with Crippen molar-refractivity contribution in [3.63, 3.8) is 0 Å². The summed E-state index contributed by atoms with van der Waals surface area (Å²) >= 11 is 0. The molecule has 3 aromatic rings. The molecular formula is C18H20N4O2. The van der Waals surface area contributed by atoms with Crippen molar-refractivity contribution in [2.45, 2.75) is 13.0 Å². The SMILES string of the molecule is CC(c1ccco1)N(C)C(=O)Nc1cccc(-c2nccn2C)c1. The molecule has 1 unspecified atom stereocenters. The molecule has 124 valence electrons. The maximum atomic E-state index is 12.5. The van der Waals surface area contributed by atoms with E-state index in [2.05, 4.69) is 10.3 Å². The average molecular weight is 324 g/mol. The molecule has 1 N–H and O–H groups in total. The highest BCUT2D eigenvalue weighted by Gasteiger charge is 2.19. The van der Waals surface area contributed by atoms with Crippen molar-refractivity contribution in [3.8, 4) is 11.4 Å². The van der Waals surface area contributed by atoms with Gasteiger partial charge in [0.05, 0.1) is 12.3 Å². The Balaban J connectivity index is 1.74. The third-order valence-electron chi connectivity index (χ3n) is 4.05. The van der Waals surface area contributed by atoms with E-state index in [1.807, 2.05) is 61.1 Å². The number of amides is 2. The first-order valence-corrected chi connectivity index (χ1v) is 7.71. The molecule has 6 heteroatoms. The Morgan fingerprint density at radius 2 is 2.17 bits per heavy atom. The largest absolute Gasteiger partial charge is 0.467 e. The third-order valence-corrected chi connectivity index (χ3v) is 4.05. The zero-order chi connectivity index (χ0) is 17.1. The molecule has 0 aliphatic rings. The fourth-order valence-electron chi connectivity index (χ4n) is 2.49. The Bertz CT molecular complexity index is 823. The fourth-order valence-corrected chi connectivity index (χ4v) is 2.49. The second kappa shape index (κ2) is 6.62. The summed E-state index contributed by atoms with van der Waals surface area (Å²) in [6, 6.07) is 10.9. The minimum absolute atomic E-state index is 0.155. The van der Waals surface area contributed by atoms with Gasteiger partial charge in [-0.1, -0.05) is 12.1 Å². The van der Waals surface area contributed by atoms with Gasteiger partial charge in [0.25, 0.3) is 0 Å². The van der Waals surface area contributed by atoms with E-state index in [1.54, 1.807) is 24.4 Å². The van der Waals surface area contributed by atoms with E-state index in [0.29, 0.717) is 0 Å². The maximum Gasteiger partial charge on any atom is 0.322 e. The monoisotopic (exact) mass is 324 g/mol. The van der Waals surface area contributed by atoms with E-state index in [0.717, 1.165) is 22.8 Å². The van der Waals surface area contributed by atoms with E-state index in [1.165, 1.54) is 0 Å². The maximum absolute atomic E-state index is 12.5. The Hall–Kier alpha value is -3.02. The first-order chi connectivity index (χ1) is 11.6. The van der Waals surface area contributed by atoms with E-state index < -0.39 is 0 Å². The van der Waals surface area contributed by atoms with Gasteiger partial charge >= 0.3 is 6.03 Å². The molecule has 1 aromatic carbocycles. The predicted octanol–water partition coefficient (Wildman–Crippen LogP) is 3.91. The normalized spacial score (nSPS) is 12.0. The molecule has 0 aliphatic heterocycles. The van der Waals surface area contributed by atoms with Gasteiger partial charge in [0.1, 0.15) is 11.6 Å². The van der Waals surface area contributed by atoms with Gasteiger partial charge in [-0.05, 0) is 31.2 Å². The Kier molecular flexibility index (Phi) is 4.37. The smallest absolute Gasteiger partial charge is 0.322 e. The number of hydrogen-bond donors (Lipinski definition) is 1. The van der Waals surface area contributed by atoms with E-state index in [-0.39, 0.29) is 12.1 Å². The van der Waals surface area contributed by atoms with Crippen LogP contribution in [0.15, 0.2) is 59.5 Å². The van der Waals surface area contributed by atoms with Crippen molar-refractivity contribution in [2.75, 3.05) is 12.4 Å². The molecule has 0 bridgehead atoms. The van der Waals surface area contributed by atoms with Crippen molar-refractivity contribution in [2.24, 2.45) is 7.05 Å². The first-order valence-electron chi connectivity index (χ1n) is 7.71. The summed E-state index contributed by atoms with van der Waals surface area (Å²) in [4.78, 5) is 18.4. The zero-order valence-corrected chi connectivity index (χ0v) is 13.9. The van der Waals surface area contributed by atoms with E-state index >= 15 is 0 Å². The third kappa shape index (κ3) is 3.17. The molecule has 0 radical (unpaired) electrons. The van der Waals surface area contributed by atoms with Crippen LogP contribution in [0, 0.1) is 0 Å². The number of imidazole rings is 1. The van der Waals surface area contributed by atoms with Crippen LogP contribution in [0.1, 0.15) is 18.7 Å². The molecule has 3 rings (SSSR count). The summed E-state index contributed by atoms with van der Waals surface area (Å²) < 4.78 is 7.30. The van der Waals surface area contributed by atoms with Crippen LogP contribution in [-0.2, 0) is 7.05 Å². The molecule has 0 spiro atoms. The Labute approximate surface area is 140 Å². The van der Waals surface area contributed by atoms with Gasteiger partial charge in [-0.2, -0.15) is 0 Å². The molecule has 0 fully saturated rings. The van der Waals surface area contributed by atoms with Crippen LogP contribution in [0.4, 0.5) is 10.5 Å². The van der Waals surface area contributed by atoms with Crippen LogP contribution in [0.3, 0.4) is 0 Å². The van der Waals surface area contributed by atoms with Crippen LogP contribution in [-0.4, -0.2) is 27.5 Å².